The third-order valence-electron chi connectivity index (χ3n) is 1.80. The van der Waals surface area contributed by atoms with Crippen LogP contribution in [0.25, 0.3) is 0 Å². The third kappa shape index (κ3) is 10.1. The summed E-state index contributed by atoms with van der Waals surface area (Å²) >= 11 is 1.73. The van der Waals surface area contributed by atoms with Crippen LogP contribution in [-0.2, 0) is 0 Å². The first-order chi connectivity index (χ1) is 7.34. The summed E-state index contributed by atoms with van der Waals surface area (Å²) in [6, 6.07) is 12.5. The molecule has 1 aromatic rings. The van der Waals surface area contributed by atoms with Gasteiger partial charge in [-0.1, -0.05) is 49.1 Å². The van der Waals surface area contributed by atoms with Gasteiger partial charge in [0.25, 0.3) is 0 Å². The van der Waals surface area contributed by atoms with E-state index in [0.717, 1.165) is 5.57 Å². The van der Waals surface area contributed by atoms with Crippen molar-refractivity contribution >= 4 is 35.7 Å². The van der Waals surface area contributed by atoms with Crippen molar-refractivity contribution in [3.63, 3.8) is 0 Å². The summed E-state index contributed by atoms with van der Waals surface area (Å²) < 4.78 is 0. The molecule has 0 aromatic heterocycles. The van der Waals surface area contributed by atoms with Gasteiger partial charge in [0.15, 0.2) is 0 Å². The van der Waals surface area contributed by atoms with Gasteiger partial charge in [-0.05, 0) is 24.0 Å². The molecule has 0 atom stereocenters. The van der Waals surface area contributed by atoms with E-state index in [1.165, 1.54) is 4.91 Å². The van der Waals surface area contributed by atoms with E-state index in [1.807, 2.05) is 48.9 Å². The van der Waals surface area contributed by atoms with E-state index in [-0.39, 0.29) is 48.7 Å². The Morgan fingerprint density at radius 2 is 1.67 bits per heavy atom. The minimum atomic E-state index is 0. The number of thioether (sulfide) groups is 1. The maximum absolute atomic E-state index is 3.87. The molecule has 0 unspecified atom stereocenters. The molecule has 0 amide bonds. The van der Waals surface area contributed by atoms with Gasteiger partial charge in [0, 0.05) is 11.3 Å². The molecule has 0 bridgehead atoms. The maximum Gasteiger partial charge on any atom is 2.00 e. The van der Waals surface area contributed by atoms with Gasteiger partial charge in [0.2, 0.25) is 0 Å². The molecular weight excluding hydrogens is 390 g/mol. The fourth-order valence-electron chi connectivity index (χ4n) is 1.04. The van der Waals surface area contributed by atoms with Crippen LogP contribution in [0.15, 0.2) is 65.6 Å². The maximum atomic E-state index is 3.87. The van der Waals surface area contributed by atoms with Crippen LogP contribution in [0.2, 0.25) is 0 Å². The summed E-state index contributed by atoms with van der Waals surface area (Å²) in [5, 5.41) is 0. The van der Waals surface area contributed by atoms with Gasteiger partial charge in [0.1, 0.15) is 0 Å². The Labute approximate surface area is 144 Å². The van der Waals surface area contributed by atoms with E-state index in [9.17, 15) is 0 Å². The Morgan fingerprint density at radius 3 is 1.94 bits per heavy atom. The number of hydrogen-bond acceptors (Lipinski definition) is 1. The van der Waals surface area contributed by atoms with Crippen molar-refractivity contribution in [3.05, 3.63) is 78.1 Å². The van der Waals surface area contributed by atoms with E-state index in [1.54, 1.807) is 11.8 Å². The Bertz CT molecular complexity index is 335. The van der Waals surface area contributed by atoms with E-state index in [4.69, 9.17) is 0 Å². The van der Waals surface area contributed by atoms with Crippen LogP contribution < -0.4 is 24.8 Å². The summed E-state index contributed by atoms with van der Waals surface area (Å²) in [7, 11) is 0. The summed E-state index contributed by atoms with van der Waals surface area (Å²) in [6.45, 7) is 3.87. The van der Waals surface area contributed by atoms with Gasteiger partial charge >= 0.3 is 23.9 Å². The zero-order valence-electron chi connectivity index (χ0n) is 10.1. The van der Waals surface area contributed by atoms with Crippen LogP contribution in [0.3, 0.4) is 0 Å². The molecule has 0 N–H and O–H groups in total. The fraction of sp³-hybridized carbons (Fsp3) is 0.0714. The molecular formula is C14H14Cl2SSn. The molecule has 0 heterocycles. The van der Waals surface area contributed by atoms with Crippen LogP contribution in [-0.4, -0.2) is 30.2 Å². The largest absolute Gasteiger partial charge is 2.00 e. The first-order valence-corrected chi connectivity index (χ1v) is 5.93. The van der Waals surface area contributed by atoms with E-state index in [2.05, 4.69) is 25.0 Å². The average Bonchev–Trinajstić information content (AvgIpc) is 2.33. The molecule has 4 radical (unpaired) electrons. The normalized spacial score (nSPS) is 11.6. The van der Waals surface area contributed by atoms with Crippen LogP contribution in [0.1, 0.15) is 0 Å². The van der Waals surface area contributed by atoms with Crippen molar-refractivity contribution in [2.45, 2.75) is 0 Å². The van der Waals surface area contributed by atoms with Gasteiger partial charge in [-0.2, -0.15) is 0 Å². The van der Waals surface area contributed by atoms with Gasteiger partial charge in [0.05, 0.1) is 0 Å². The Morgan fingerprint density at radius 1 is 1.06 bits per heavy atom. The average molecular weight is 404 g/mol. The Hall–Kier alpha value is 0.169. The molecule has 4 heteroatoms. The quantitative estimate of drug-likeness (QED) is 0.474. The van der Waals surface area contributed by atoms with Crippen LogP contribution in [0, 0.1) is 12.5 Å². The number of allylic oxidation sites excluding steroid dienone is 4. The number of rotatable bonds is 1. The molecule has 0 aliphatic heterocycles. The molecule has 0 nitrogen and oxygen atoms in total. The smallest absolute Gasteiger partial charge is 1.00 e. The van der Waals surface area contributed by atoms with Gasteiger partial charge in [-0.25, -0.2) is 0 Å². The van der Waals surface area contributed by atoms with E-state index < -0.39 is 0 Å². The second kappa shape index (κ2) is 15.2. The number of halogens is 2. The fourth-order valence-corrected chi connectivity index (χ4v) is 1.59. The Balaban J connectivity index is -0.000000225. The molecule has 2 rings (SSSR count). The van der Waals surface area contributed by atoms with Gasteiger partial charge in [-0.15, -0.1) is 11.8 Å². The van der Waals surface area contributed by atoms with E-state index in [0.29, 0.717) is 0 Å². The van der Waals surface area contributed by atoms with Gasteiger partial charge in [-0.3, -0.25) is 0 Å². The number of hydrogen-bond donors (Lipinski definition) is 0. The predicted octanol–water partition coefficient (Wildman–Crippen LogP) is -2.32. The molecule has 0 spiro atoms. The molecule has 0 saturated heterocycles. The first-order valence-electron chi connectivity index (χ1n) is 4.70. The van der Waals surface area contributed by atoms with Crippen molar-refractivity contribution in [2.75, 3.05) is 6.26 Å². The van der Waals surface area contributed by atoms with Crippen LogP contribution in [0.5, 0.6) is 0 Å². The van der Waals surface area contributed by atoms with E-state index >= 15 is 0 Å². The van der Waals surface area contributed by atoms with Gasteiger partial charge < -0.3 is 24.8 Å². The van der Waals surface area contributed by atoms with Crippen LogP contribution >= 0.6 is 11.8 Å². The zero-order chi connectivity index (χ0) is 10.9. The molecule has 18 heavy (non-hydrogen) atoms. The SMILES string of the molecule is C=C1[CH]C=CC=C1SC.[Cl-].[Cl-].[Sn+2].[c]1ccccc1. The van der Waals surface area contributed by atoms with Crippen molar-refractivity contribution in [2.24, 2.45) is 0 Å². The topological polar surface area (TPSA) is 0 Å². The minimum absolute atomic E-state index is 0. The molecule has 1 aliphatic carbocycles. The molecule has 94 valence electrons. The summed E-state index contributed by atoms with van der Waals surface area (Å²) in [4.78, 5) is 1.26. The summed E-state index contributed by atoms with van der Waals surface area (Å²) in [5.41, 5.74) is 1.12. The van der Waals surface area contributed by atoms with Crippen molar-refractivity contribution in [1.29, 1.82) is 0 Å². The summed E-state index contributed by atoms with van der Waals surface area (Å²) in [6.07, 6.45) is 10.2. The molecule has 0 fully saturated rings. The van der Waals surface area contributed by atoms with Crippen molar-refractivity contribution in [3.8, 4) is 0 Å². The van der Waals surface area contributed by atoms with Crippen molar-refractivity contribution < 1.29 is 24.8 Å². The number of benzene rings is 1. The molecule has 0 saturated carbocycles. The monoisotopic (exact) mass is 404 g/mol. The standard InChI is InChI=1S/C8H9S.C6H5.2ClH.Sn/c1-7-5-3-4-6-8(7)9-2;1-2-4-6-5-3-1;;;/h3-6H,1H2,2H3;1-5H;2*1H;/q;;;;+2/p-2. The third-order valence-corrected chi connectivity index (χ3v) is 2.64. The second-order valence-electron chi connectivity index (χ2n) is 2.89. The molecule has 1 aromatic carbocycles. The van der Waals surface area contributed by atoms with Crippen molar-refractivity contribution in [1.82, 2.24) is 0 Å². The minimum Gasteiger partial charge on any atom is -1.00 e. The first kappa shape index (κ1) is 23.3. The van der Waals surface area contributed by atoms with Crippen LogP contribution in [0.4, 0.5) is 0 Å². The predicted molar refractivity (Wildman–Crippen MR) is 75.2 cm³/mol. The zero-order valence-corrected chi connectivity index (χ0v) is 15.2. The summed E-state index contributed by atoms with van der Waals surface area (Å²) in [5.74, 6) is 0. The Kier molecular flexibility index (Phi) is 19.7. The molecule has 1 aliphatic rings. The second-order valence-corrected chi connectivity index (χ2v) is 3.74.